The van der Waals surface area contributed by atoms with Gasteiger partial charge in [-0.2, -0.15) is 0 Å². The fourth-order valence-electron chi connectivity index (χ4n) is 1.77. The van der Waals surface area contributed by atoms with Crippen molar-refractivity contribution in [3.05, 3.63) is 23.8 Å². The summed E-state index contributed by atoms with van der Waals surface area (Å²) in [4.78, 5) is 16.3. The number of nitrogens with zero attached hydrogens (tertiary/aromatic N) is 1. The van der Waals surface area contributed by atoms with Gasteiger partial charge in [0.2, 0.25) is 5.91 Å². The number of hydrogen-bond donors (Lipinski definition) is 2. The average Bonchev–Trinajstić information content (AvgIpc) is 2.73. The maximum atomic E-state index is 11.9. The molecule has 6 heteroatoms. The third-order valence-electron chi connectivity index (χ3n) is 2.81. The van der Waals surface area contributed by atoms with Gasteiger partial charge in [-0.25, -0.2) is 4.98 Å². The van der Waals surface area contributed by atoms with Gasteiger partial charge < -0.3 is 10.6 Å². The van der Waals surface area contributed by atoms with Crippen molar-refractivity contribution in [3.8, 4) is 0 Å². The van der Waals surface area contributed by atoms with Crippen molar-refractivity contribution in [3.63, 3.8) is 0 Å². The van der Waals surface area contributed by atoms with E-state index >= 15 is 0 Å². The van der Waals surface area contributed by atoms with Gasteiger partial charge in [0.25, 0.3) is 0 Å². The molecule has 1 atom stereocenters. The molecule has 2 N–H and O–H groups in total. The first-order valence-electron chi connectivity index (χ1n) is 5.93. The molecular weight excluding hydrogens is 282 g/mol. The Morgan fingerprint density at radius 3 is 2.84 bits per heavy atom. The summed E-state index contributed by atoms with van der Waals surface area (Å²) in [5.41, 5.74) is 2.10. The number of thiazole rings is 1. The summed E-state index contributed by atoms with van der Waals surface area (Å²) in [6, 6.07) is 6.05. The van der Waals surface area contributed by atoms with Crippen molar-refractivity contribution >= 4 is 45.0 Å². The van der Waals surface area contributed by atoms with Crippen molar-refractivity contribution in [2.45, 2.75) is 13.8 Å². The molecule has 0 aliphatic carbocycles. The molecule has 1 aromatic heterocycles. The Kier molecular flexibility index (Phi) is 5.72. The number of nitrogens with one attached hydrogen (secondary N) is 2. The molecule has 0 aliphatic rings. The molecule has 0 saturated heterocycles. The minimum absolute atomic E-state index is 0. The van der Waals surface area contributed by atoms with Crippen LogP contribution in [0.2, 0.25) is 0 Å². The van der Waals surface area contributed by atoms with E-state index < -0.39 is 0 Å². The molecule has 1 amide bonds. The molecule has 4 nitrogen and oxygen atoms in total. The van der Waals surface area contributed by atoms with E-state index in [4.69, 9.17) is 0 Å². The van der Waals surface area contributed by atoms with E-state index in [1.165, 1.54) is 11.3 Å². The SMILES string of the molecule is CNCC(C)C(=O)Nc1nc2c(C)cccc2s1.Cl. The summed E-state index contributed by atoms with van der Waals surface area (Å²) in [6.07, 6.45) is 0. The number of rotatable bonds is 4. The monoisotopic (exact) mass is 299 g/mol. The zero-order valence-corrected chi connectivity index (χ0v) is 12.8. The number of fused-ring (bicyclic) bond motifs is 1. The number of benzene rings is 1. The van der Waals surface area contributed by atoms with Crippen LogP contribution in [0.5, 0.6) is 0 Å². The highest BCUT2D eigenvalue weighted by molar-refractivity contribution is 7.22. The average molecular weight is 300 g/mol. The van der Waals surface area contributed by atoms with Crippen LogP contribution in [-0.4, -0.2) is 24.5 Å². The molecule has 19 heavy (non-hydrogen) atoms. The van der Waals surface area contributed by atoms with Crippen LogP contribution in [0.3, 0.4) is 0 Å². The number of aryl methyl sites for hydroxylation is 1. The van der Waals surface area contributed by atoms with Gasteiger partial charge in [-0.3, -0.25) is 4.79 Å². The number of halogens is 1. The van der Waals surface area contributed by atoms with Gasteiger partial charge in [0.15, 0.2) is 5.13 Å². The van der Waals surface area contributed by atoms with Crippen LogP contribution in [0.25, 0.3) is 10.2 Å². The van der Waals surface area contributed by atoms with Crippen molar-refractivity contribution in [1.29, 1.82) is 0 Å². The van der Waals surface area contributed by atoms with Crippen molar-refractivity contribution in [2.75, 3.05) is 18.9 Å². The second-order valence-corrected chi connectivity index (χ2v) is 5.42. The quantitative estimate of drug-likeness (QED) is 0.913. The third-order valence-corrected chi connectivity index (χ3v) is 3.74. The summed E-state index contributed by atoms with van der Waals surface area (Å²) < 4.78 is 1.10. The zero-order chi connectivity index (χ0) is 13.1. The predicted octanol–water partition coefficient (Wildman–Crippen LogP) is 2.82. The molecule has 0 fully saturated rings. The second-order valence-electron chi connectivity index (χ2n) is 4.39. The zero-order valence-electron chi connectivity index (χ0n) is 11.2. The number of aromatic nitrogens is 1. The molecule has 1 unspecified atom stereocenters. The first kappa shape index (κ1) is 15.9. The number of carbonyl (C=O) groups is 1. The maximum Gasteiger partial charge on any atom is 0.230 e. The van der Waals surface area contributed by atoms with Crippen LogP contribution in [0.4, 0.5) is 5.13 Å². The molecule has 0 radical (unpaired) electrons. The lowest BCUT2D eigenvalue weighted by atomic mass is 10.2. The fourth-order valence-corrected chi connectivity index (χ4v) is 2.71. The van der Waals surface area contributed by atoms with Crippen LogP contribution in [0.1, 0.15) is 12.5 Å². The summed E-state index contributed by atoms with van der Waals surface area (Å²) >= 11 is 1.51. The Morgan fingerprint density at radius 2 is 2.21 bits per heavy atom. The van der Waals surface area contributed by atoms with Gasteiger partial charge in [0.1, 0.15) is 0 Å². The summed E-state index contributed by atoms with van der Waals surface area (Å²) in [5, 5.41) is 6.54. The second kappa shape index (κ2) is 6.84. The topological polar surface area (TPSA) is 54.0 Å². The molecule has 2 aromatic rings. The Morgan fingerprint density at radius 1 is 1.47 bits per heavy atom. The summed E-state index contributed by atoms with van der Waals surface area (Å²) in [7, 11) is 1.84. The smallest absolute Gasteiger partial charge is 0.230 e. The van der Waals surface area contributed by atoms with Crippen LogP contribution in [0.15, 0.2) is 18.2 Å². The molecule has 0 saturated carbocycles. The number of amides is 1. The predicted molar refractivity (Wildman–Crippen MR) is 83.3 cm³/mol. The minimum atomic E-state index is -0.0666. The van der Waals surface area contributed by atoms with Crippen LogP contribution in [0, 0.1) is 12.8 Å². The molecule has 1 aromatic carbocycles. The van der Waals surface area contributed by atoms with Crippen molar-refractivity contribution < 1.29 is 4.79 Å². The Balaban J connectivity index is 0.00000180. The molecule has 1 heterocycles. The van der Waals surface area contributed by atoms with Gasteiger partial charge in [-0.05, 0) is 25.6 Å². The Labute approximate surface area is 123 Å². The van der Waals surface area contributed by atoms with E-state index in [1.807, 2.05) is 39.1 Å². The van der Waals surface area contributed by atoms with E-state index in [1.54, 1.807) is 0 Å². The van der Waals surface area contributed by atoms with E-state index in [0.717, 1.165) is 15.8 Å². The molecule has 2 rings (SSSR count). The fraction of sp³-hybridized carbons (Fsp3) is 0.385. The third kappa shape index (κ3) is 3.65. The largest absolute Gasteiger partial charge is 0.319 e. The van der Waals surface area contributed by atoms with E-state index in [2.05, 4.69) is 15.6 Å². The molecule has 0 spiro atoms. The lowest BCUT2D eigenvalue weighted by Crippen LogP contribution is -2.28. The maximum absolute atomic E-state index is 11.9. The number of hydrogen-bond acceptors (Lipinski definition) is 4. The first-order valence-corrected chi connectivity index (χ1v) is 6.75. The molecule has 0 bridgehead atoms. The van der Waals surface area contributed by atoms with Gasteiger partial charge >= 0.3 is 0 Å². The number of carbonyl (C=O) groups excluding carboxylic acids is 1. The van der Waals surface area contributed by atoms with Crippen molar-refractivity contribution in [1.82, 2.24) is 10.3 Å². The highest BCUT2D eigenvalue weighted by Gasteiger charge is 2.14. The number of para-hydroxylation sites is 1. The highest BCUT2D eigenvalue weighted by Crippen LogP contribution is 2.28. The van der Waals surface area contributed by atoms with Gasteiger partial charge in [-0.15, -0.1) is 12.4 Å². The Bertz CT molecular complexity index is 570. The van der Waals surface area contributed by atoms with Crippen LogP contribution in [-0.2, 0) is 4.79 Å². The van der Waals surface area contributed by atoms with Crippen molar-refractivity contribution in [2.24, 2.45) is 5.92 Å². The molecule has 104 valence electrons. The van der Waals surface area contributed by atoms with Gasteiger partial charge in [0.05, 0.1) is 10.2 Å². The van der Waals surface area contributed by atoms with E-state index in [0.29, 0.717) is 11.7 Å². The van der Waals surface area contributed by atoms with E-state index in [9.17, 15) is 4.79 Å². The van der Waals surface area contributed by atoms with Crippen LogP contribution < -0.4 is 10.6 Å². The normalized spacial score (nSPS) is 11.9. The highest BCUT2D eigenvalue weighted by atomic mass is 35.5. The van der Waals surface area contributed by atoms with E-state index in [-0.39, 0.29) is 24.2 Å². The summed E-state index contributed by atoms with van der Waals surface area (Å²) in [5.74, 6) is -0.0656. The molecular formula is C13H18ClN3OS. The van der Waals surface area contributed by atoms with Crippen LogP contribution >= 0.6 is 23.7 Å². The first-order chi connectivity index (χ1) is 8.61. The minimum Gasteiger partial charge on any atom is -0.319 e. The Hall–Kier alpha value is -1.17. The summed E-state index contributed by atoms with van der Waals surface area (Å²) in [6.45, 7) is 4.58. The lowest BCUT2D eigenvalue weighted by molar-refractivity contribution is -0.119. The number of anilines is 1. The standard InChI is InChI=1S/C13H17N3OS.ClH/c1-8-5-4-6-10-11(8)15-13(18-10)16-12(17)9(2)7-14-3;/h4-6,9,14H,7H2,1-3H3,(H,15,16,17);1H. The molecule has 0 aliphatic heterocycles. The van der Waals surface area contributed by atoms with Gasteiger partial charge in [-0.1, -0.05) is 30.4 Å². The lowest BCUT2D eigenvalue weighted by Gasteiger charge is -2.08. The van der Waals surface area contributed by atoms with Gasteiger partial charge in [0, 0.05) is 12.5 Å².